The van der Waals surface area contributed by atoms with Crippen molar-refractivity contribution < 1.29 is 4.79 Å². The number of likely N-dealkylation sites (tertiary alicyclic amines) is 1. The fraction of sp³-hybridized carbons (Fsp3) is 0.562. The Hall–Kier alpha value is -1.39. The van der Waals surface area contributed by atoms with Crippen molar-refractivity contribution >= 4 is 5.91 Å². The Morgan fingerprint density at radius 3 is 2.70 bits per heavy atom. The van der Waals surface area contributed by atoms with E-state index in [-0.39, 0.29) is 5.91 Å². The molecule has 2 rings (SSSR count). The van der Waals surface area contributed by atoms with Crippen LogP contribution in [0.2, 0.25) is 0 Å². The summed E-state index contributed by atoms with van der Waals surface area (Å²) in [6, 6.07) is 7.67. The molecule has 1 amide bonds. The SMILES string of the molecule is CNCCC1CCN(Cc2ccccc2C(N)=O)CC1. The monoisotopic (exact) mass is 275 g/mol. The van der Waals surface area contributed by atoms with Gasteiger partial charge in [-0.3, -0.25) is 9.69 Å². The third kappa shape index (κ3) is 4.05. The molecular formula is C16H25N3O. The van der Waals surface area contributed by atoms with Gasteiger partial charge in [0.05, 0.1) is 0 Å². The van der Waals surface area contributed by atoms with Crippen LogP contribution in [0, 0.1) is 5.92 Å². The number of rotatable bonds is 6. The standard InChI is InChI=1S/C16H25N3O/c1-18-9-6-13-7-10-19(11-8-13)12-14-4-2-3-5-15(14)16(17)20/h2-5,13,18H,6-12H2,1H3,(H2,17,20). The molecule has 0 radical (unpaired) electrons. The zero-order valence-corrected chi connectivity index (χ0v) is 12.3. The molecule has 1 fully saturated rings. The van der Waals surface area contributed by atoms with Crippen LogP contribution in [0.4, 0.5) is 0 Å². The van der Waals surface area contributed by atoms with Gasteiger partial charge in [0.2, 0.25) is 5.91 Å². The van der Waals surface area contributed by atoms with E-state index in [4.69, 9.17) is 5.73 Å². The number of carbonyl (C=O) groups is 1. The van der Waals surface area contributed by atoms with Gasteiger partial charge in [-0.2, -0.15) is 0 Å². The van der Waals surface area contributed by atoms with E-state index in [9.17, 15) is 4.79 Å². The molecule has 20 heavy (non-hydrogen) atoms. The lowest BCUT2D eigenvalue weighted by molar-refractivity contribution is 0.0997. The molecular weight excluding hydrogens is 250 g/mol. The van der Waals surface area contributed by atoms with Crippen molar-refractivity contribution in [3.63, 3.8) is 0 Å². The first-order chi connectivity index (χ1) is 9.70. The molecule has 4 heteroatoms. The summed E-state index contributed by atoms with van der Waals surface area (Å²) >= 11 is 0. The first-order valence-electron chi connectivity index (χ1n) is 7.45. The second-order valence-electron chi connectivity index (χ2n) is 5.63. The predicted octanol–water partition coefficient (Wildman–Crippen LogP) is 1.61. The first-order valence-corrected chi connectivity index (χ1v) is 7.45. The summed E-state index contributed by atoms with van der Waals surface area (Å²) in [5.41, 5.74) is 7.14. The Bertz CT molecular complexity index is 439. The first kappa shape index (κ1) is 15.0. The zero-order valence-electron chi connectivity index (χ0n) is 12.3. The molecule has 0 unspecified atom stereocenters. The van der Waals surface area contributed by atoms with Crippen LogP contribution in [0.25, 0.3) is 0 Å². The lowest BCUT2D eigenvalue weighted by atomic mass is 9.93. The van der Waals surface area contributed by atoms with Crippen LogP contribution in [0.1, 0.15) is 35.2 Å². The zero-order chi connectivity index (χ0) is 14.4. The van der Waals surface area contributed by atoms with Crippen molar-refractivity contribution in [2.24, 2.45) is 11.7 Å². The minimum Gasteiger partial charge on any atom is -0.366 e. The topological polar surface area (TPSA) is 58.4 Å². The summed E-state index contributed by atoms with van der Waals surface area (Å²) in [5.74, 6) is 0.509. The fourth-order valence-electron chi connectivity index (χ4n) is 2.92. The van der Waals surface area contributed by atoms with E-state index in [0.29, 0.717) is 5.56 Å². The number of carbonyl (C=O) groups excluding carboxylic acids is 1. The van der Waals surface area contributed by atoms with E-state index in [0.717, 1.165) is 37.7 Å². The lowest BCUT2D eigenvalue weighted by Crippen LogP contribution is -2.34. The maximum absolute atomic E-state index is 11.4. The summed E-state index contributed by atoms with van der Waals surface area (Å²) in [7, 11) is 2.01. The average Bonchev–Trinajstić information content (AvgIpc) is 2.47. The van der Waals surface area contributed by atoms with Crippen LogP contribution >= 0.6 is 0 Å². The van der Waals surface area contributed by atoms with Gasteiger partial charge in [0.25, 0.3) is 0 Å². The van der Waals surface area contributed by atoms with Crippen LogP contribution in [0.5, 0.6) is 0 Å². The van der Waals surface area contributed by atoms with Crippen LogP contribution in [-0.2, 0) is 6.54 Å². The fourth-order valence-corrected chi connectivity index (χ4v) is 2.92. The largest absolute Gasteiger partial charge is 0.366 e. The van der Waals surface area contributed by atoms with Crippen molar-refractivity contribution in [2.75, 3.05) is 26.7 Å². The minimum atomic E-state index is -0.329. The van der Waals surface area contributed by atoms with E-state index in [1.807, 2.05) is 31.3 Å². The Kier molecular flexibility index (Phi) is 5.56. The van der Waals surface area contributed by atoms with Gasteiger partial charge in [-0.05, 0) is 63.5 Å². The lowest BCUT2D eigenvalue weighted by Gasteiger charge is -2.32. The van der Waals surface area contributed by atoms with E-state index in [1.54, 1.807) is 0 Å². The average molecular weight is 275 g/mol. The van der Waals surface area contributed by atoms with Crippen LogP contribution in [0.3, 0.4) is 0 Å². The predicted molar refractivity (Wildman–Crippen MR) is 81.5 cm³/mol. The maximum atomic E-state index is 11.4. The molecule has 0 spiro atoms. The van der Waals surface area contributed by atoms with Gasteiger partial charge in [-0.1, -0.05) is 18.2 Å². The second kappa shape index (κ2) is 7.41. The van der Waals surface area contributed by atoms with Crippen molar-refractivity contribution in [3.05, 3.63) is 35.4 Å². The molecule has 0 saturated carbocycles. The highest BCUT2D eigenvalue weighted by Gasteiger charge is 2.20. The minimum absolute atomic E-state index is 0.329. The molecule has 1 aromatic rings. The van der Waals surface area contributed by atoms with Crippen LogP contribution in [-0.4, -0.2) is 37.5 Å². The highest BCUT2D eigenvalue weighted by Crippen LogP contribution is 2.22. The normalized spacial score (nSPS) is 17.2. The number of amides is 1. The Morgan fingerprint density at radius 2 is 2.05 bits per heavy atom. The van der Waals surface area contributed by atoms with Gasteiger partial charge in [0, 0.05) is 12.1 Å². The number of nitrogens with two attached hydrogens (primary N) is 1. The molecule has 1 heterocycles. The Balaban J connectivity index is 1.88. The molecule has 0 atom stereocenters. The third-order valence-electron chi connectivity index (χ3n) is 4.19. The highest BCUT2D eigenvalue weighted by molar-refractivity contribution is 5.94. The Morgan fingerprint density at radius 1 is 1.35 bits per heavy atom. The molecule has 1 aliphatic rings. The van der Waals surface area contributed by atoms with Crippen molar-refractivity contribution in [3.8, 4) is 0 Å². The van der Waals surface area contributed by atoms with E-state index in [1.165, 1.54) is 19.3 Å². The molecule has 3 N–H and O–H groups in total. The number of nitrogens with zero attached hydrogens (tertiary/aromatic N) is 1. The molecule has 0 aromatic heterocycles. The van der Waals surface area contributed by atoms with Crippen molar-refractivity contribution in [2.45, 2.75) is 25.8 Å². The maximum Gasteiger partial charge on any atom is 0.249 e. The van der Waals surface area contributed by atoms with Crippen LogP contribution in [0.15, 0.2) is 24.3 Å². The smallest absolute Gasteiger partial charge is 0.249 e. The number of hydrogen-bond donors (Lipinski definition) is 2. The summed E-state index contributed by atoms with van der Waals surface area (Å²) in [4.78, 5) is 13.9. The number of piperidine rings is 1. The second-order valence-corrected chi connectivity index (χ2v) is 5.63. The van der Waals surface area contributed by atoms with E-state index in [2.05, 4.69) is 10.2 Å². The van der Waals surface area contributed by atoms with E-state index < -0.39 is 0 Å². The molecule has 1 aliphatic heterocycles. The van der Waals surface area contributed by atoms with E-state index >= 15 is 0 Å². The molecule has 4 nitrogen and oxygen atoms in total. The van der Waals surface area contributed by atoms with Gasteiger partial charge in [-0.15, -0.1) is 0 Å². The highest BCUT2D eigenvalue weighted by atomic mass is 16.1. The van der Waals surface area contributed by atoms with Gasteiger partial charge >= 0.3 is 0 Å². The van der Waals surface area contributed by atoms with Gasteiger partial charge < -0.3 is 11.1 Å². The van der Waals surface area contributed by atoms with Crippen molar-refractivity contribution in [1.82, 2.24) is 10.2 Å². The Labute approximate surface area is 121 Å². The molecule has 0 aliphatic carbocycles. The van der Waals surface area contributed by atoms with Gasteiger partial charge in [0.1, 0.15) is 0 Å². The molecule has 0 bridgehead atoms. The number of primary amides is 1. The summed E-state index contributed by atoms with van der Waals surface area (Å²) in [6.45, 7) is 4.16. The summed E-state index contributed by atoms with van der Waals surface area (Å²) in [5, 5.41) is 3.22. The third-order valence-corrected chi connectivity index (χ3v) is 4.19. The van der Waals surface area contributed by atoms with Crippen LogP contribution < -0.4 is 11.1 Å². The molecule has 1 aromatic carbocycles. The molecule has 1 saturated heterocycles. The summed E-state index contributed by atoms with van der Waals surface area (Å²) in [6.07, 6.45) is 3.77. The van der Waals surface area contributed by atoms with Crippen molar-refractivity contribution in [1.29, 1.82) is 0 Å². The quantitative estimate of drug-likeness (QED) is 0.829. The number of hydrogen-bond acceptors (Lipinski definition) is 3. The number of nitrogens with one attached hydrogen (secondary N) is 1. The number of benzene rings is 1. The molecule has 110 valence electrons. The van der Waals surface area contributed by atoms with Gasteiger partial charge in [0.15, 0.2) is 0 Å². The summed E-state index contributed by atoms with van der Waals surface area (Å²) < 4.78 is 0. The van der Waals surface area contributed by atoms with Gasteiger partial charge in [-0.25, -0.2) is 0 Å².